The Bertz CT molecular complexity index is 862. The second-order valence-electron chi connectivity index (χ2n) is 7.70. The quantitative estimate of drug-likeness (QED) is 0.725. The number of carbonyl (C=O) groups is 2. The van der Waals surface area contributed by atoms with Gasteiger partial charge in [-0.25, -0.2) is 4.98 Å². The van der Waals surface area contributed by atoms with Crippen LogP contribution >= 0.6 is 15.9 Å². The third-order valence-corrected chi connectivity index (χ3v) is 6.26. The number of carbonyl (C=O) groups excluding carboxylic acids is 2. The zero-order chi connectivity index (χ0) is 19.5. The molecule has 5 nitrogen and oxygen atoms in total. The lowest BCUT2D eigenvalue weighted by atomic mass is 9.84. The van der Waals surface area contributed by atoms with E-state index in [0.717, 1.165) is 22.9 Å². The number of halogens is 1. The second-order valence-corrected chi connectivity index (χ2v) is 8.61. The van der Waals surface area contributed by atoms with Crippen molar-refractivity contribution in [2.24, 2.45) is 5.92 Å². The fourth-order valence-corrected chi connectivity index (χ4v) is 4.54. The molecule has 1 fully saturated rings. The van der Waals surface area contributed by atoms with Crippen LogP contribution in [-0.4, -0.2) is 27.7 Å². The Morgan fingerprint density at radius 2 is 1.96 bits per heavy atom. The second kappa shape index (κ2) is 8.43. The summed E-state index contributed by atoms with van der Waals surface area (Å²) in [5, 5.41) is 2.92. The van der Waals surface area contributed by atoms with Gasteiger partial charge in [0.1, 0.15) is 11.9 Å². The highest BCUT2D eigenvalue weighted by Gasteiger charge is 2.37. The molecule has 28 heavy (non-hydrogen) atoms. The number of fused-ring (bicyclic) bond motifs is 1. The van der Waals surface area contributed by atoms with Gasteiger partial charge in [0.15, 0.2) is 0 Å². The SMILES string of the molecule is O=C(Nc1ccc(Br)cn1)[C@H](CC1CCCCC1)N1Cc2ccccc2C1=O. The number of rotatable bonds is 5. The van der Waals surface area contributed by atoms with Crippen molar-refractivity contribution in [2.75, 3.05) is 5.32 Å². The fourth-order valence-electron chi connectivity index (χ4n) is 4.30. The van der Waals surface area contributed by atoms with E-state index in [1.165, 1.54) is 19.3 Å². The third-order valence-electron chi connectivity index (χ3n) is 5.79. The van der Waals surface area contributed by atoms with Gasteiger partial charge >= 0.3 is 0 Å². The van der Waals surface area contributed by atoms with E-state index >= 15 is 0 Å². The molecule has 1 aliphatic carbocycles. The van der Waals surface area contributed by atoms with Gasteiger partial charge in [-0.2, -0.15) is 0 Å². The van der Waals surface area contributed by atoms with Crippen LogP contribution in [0.3, 0.4) is 0 Å². The highest BCUT2D eigenvalue weighted by atomic mass is 79.9. The first-order valence-corrected chi connectivity index (χ1v) is 10.7. The van der Waals surface area contributed by atoms with Gasteiger partial charge in [-0.1, -0.05) is 50.3 Å². The molecule has 1 atom stereocenters. The molecule has 6 heteroatoms. The summed E-state index contributed by atoms with van der Waals surface area (Å²) >= 11 is 3.36. The number of anilines is 1. The Morgan fingerprint density at radius 1 is 1.18 bits per heavy atom. The van der Waals surface area contributed by atoms with Gasteiger partial charge in [-0.05, 0) is 52.0 Å². The summed E-state index contributed by atoms with van der Waals surface area (Å²) in [5.41, 5.74) is 1.71. The molecule has 1 N–H and O–H groups in total. The van der Waals surface area contributed by atoms with Gasteiger partial charge in [0.25, 0.3) is 5.91 Å². The number of nitrogens with one attached hydrogen (secondary N) is 1. The number of benzene rings is 1. The molecule has 1 aliphatic heterocycles. The summed E-state index contributed by atoms with van der Waals surface area (Å²) in [5.74, 6) is 0.793. The Hall–Kier alpha value is -2.21. The summed E-state index contributed by atoms with van der Waals surface area (Å²) in [6.07, 6.45) is 8.32. The molecule has 0 radical (unpaired) electrons. The lowest BCUT2D eigenvalue weighted by Crippen LogP contribution is -2.45. The van der Waals surface area contributed by atoms with Gasteiger partial charge in [-0.3, -0.25) is 9.59 Å². The fraction of sp³-hybridized carbons (Fsp3) is 0.409. The van der Waals surface area contributed by atoms with Crippen LogP contribution in [-0.2, 0) is 11.3 Å². The third kappa shape index (κ3) is 4.12. The predicted molar refractivity (Wildman–Crippen MR) is 112 cm³/mol. The van der Waals surface area contributed by atoms with E-state index in [1.54, 1.807) is 17.2 Å². The van der Waals surface area contributed by atoms with E-state index in [0.29, 0.717) is 30.3 Å². The predicted octanol–water partition coefficient (Wildman–Crippen LogP) is 4.78. The lowest BCUT2D eigenvalue weighted by molar-refractivity contribution is -0.121. The summed E-state index contributed by atoms with van der Waals surface area (Å²) in [4.78, 5) is 32.2. The van der Waals surface area contributed by atoms with Gasteiger partial charge in [0.2, 0.25) is 5.91 Å². The van der Waals surface area contributed by atoms with E-state index in [-0.39, 0.29) is 11.8 Å². The van der Waals surface area contributed by atoms with E-state index in [9.17, 15) is 9.59 Å². The molecule has 1 aromatic carbocycles. The number of hydrogen-bond acceptors (Lipinski definition) is 3. The van der Waals surface area contributed by atoms with Gasteiger partial charge < -0.3 is 10.2 Å². The molecule has 0 unspecified atom stereocenters. The maximum Gasteiger partial charge on any atom is 0.255 e. The average molecular weight is 442 g/mol. The largest absolute Gasteiger partial charge is 0.322 e. The lowest BCUT2D eigenvalue weighted by Gasteiger charge is -2.31. The molecule has 2 aliphatic rings. The zero-order valence-corrected chi connectivity index (χ0v) is 17.3. The van der Waals surface area contributed by atoms with Gasteiger partial charge in [0, 0.05) is 22.8 Å². The minimum absolute atomic E-state index is 0.0460. The first kappa shape index (κ1) is 19.1. The number of aromatic nitrogens is 1. The summed E-state index contributed by atoms with van der Waals surface area (Å²) in [6, 6.07) is 10.8. The summed E-state index contributed by atoms with van der Waals surface area (Å²) < 4.78 is 0.856. The van der Waals surface area contributed by atoms with Crippen molar-refractivity contribution in [1.29, 1.82) is 0 Å². The molecule has 1 saturated carbocycles. The minimum Gasteiger partial charge on any atom is -0.322 e. The van der Waals surface area contributed by atoms with E-state index in [2.05, 4.69) is 26.2 Å². The van der Waals surface area contributed by atoms with Crippen molar-refractivity contribution in [1.82, 2.24) is 9.88 Å². The first-order chi connectivity index (χ1) is 13.6. The van der Waals surface area contributed by atoms with Crippen molar-refractivity contribution in [2.45, 2.75) is 51.1 Å². The molecule has 1 aromatic heterocycles. The minimum atomic E-state index is -0.478. The van der Waals surface area contributed by atoms with Crippen LogP contribution in [0.15, 0.2) is 47.1 Å². The van der Waals surface area contributed by atoms with Gasteiger partial charge in [0.05, 0.1) is 0 Å². The Labute approximate surface area is 173 Å². The molecular formula is C22H24BrN3O2. The molecule has 2 amide bonds. The maximum atomic E-state index is 13.2. The van der Waals surface area contributed by atoms with E-state index < -0.39 is 6.04 Å². The number of pyridine rings is 1. The first-order valence-electron chi connectivity index (χ1n) is 9.93. The molecule has 0 spiro atoms. The van der Waals surface area contributed by atoms with Gasteiger partial charge in [-0.15, -0.1) is 0 Å². The van der Waals surface area contributed by atoms with Crippen LogP contribution < -0.4 is 5.32 Å². The molecule has 2 aromatic rings. The number of hydrogen-bond donors (Lipinski definition) is 1. The monoisotopic (exact) mass is 441 g/mol. The van der Waals surface area contributed by atoms with Crippen LogP contribution in [0.5, 0.6) is 0 Å². The average Bonchev–Trinajstić information content (AvgIpc) is 3.05. The van der Waals surface area contributed by atoms with Crippen molar-refractivity contribution in [3.8, 4) is 0 Å². The van der Waals surface area contributed by atoms with Crippen LogP contribution in [0, 0.1) is 5.92 Å². The molecule has 146 valence electrons. The zero-order valence-electron chi connectivity index (χ0n) is 15.7. The summed E-state index contributed by atoms with van der Waals surface area (Å²) in [6.45, 7) is 0.494. The van der Waals surface area contributed by atoms with Crippen molar-refractivity contribution >= 4 is 33.6 Å². The van der Waals surface area contributed by atoms with E-state index in [1.807, 2.05) is 30.3 Å². The normalized spacial score (nSPS) is 18.0. The van der Waals surface area contributed by atoms with E-state index in [4.69, 9.17) is 0 Å². The molecular weight excluding hydrogens is 418 g/mol. The van der Waals surface area contributed by atoms with Crippen molar-refractivity contribution < 1.29 is 9.59 Å². The molecule has 2 heterocycles. The Balaban J connectivity index is 1.55. The van der Waals surface area contributed by atoms with Crippen molar-refractivity contribution in [3.05, 3.63) is 58.2 Å². The van der Waals surface area contributed by atoms with Crippen LogP contribution in [0.25, 0.3) is 0 Å². The maximum absolute atomic E-state index is 13.2. The highest BCUT2D eigenvalue weighted by Crippen LogP contribution is 2.32. The highest BCUT2D eigenvalue weighted by molar-refractivity contribution is 9.10. The number of amides is 2. The Morgan fingerprint density at radius 3 is 2.68 bits per heavy atom. The molecule has 0 bridgehead atoms. The van der Waals surface area contributed by atoms with Crippen LogP contribution in [0.4, 0.5) is 5.82 Å². The number of nitrogens with zero attached hydrogens (tertiary/aromatic N) is 2. The molecule has 0 saturated heterocycles. The smallest absolute Gasteiger partial charge is 0.255 e. The Kier molecular flexibility index (Phi) is 5.76. The van der Waals surface area contributed by atoms with Crippen LogP contribution in [0.2, 0.25) is 0 Å². The van der Waals surface area contributed by atoms with Crippen molar-refractivity contribution in [3.63, 3.8) is 0 Å². The topological polar surface area (TPSA) is 62.3 Å². The summed E-state index contributed by atoms with van der Waals surface area (Å²) in [7, 11) is 0. The van der Waals surface area contributed by atoms with Crippen LogP contribution in [0.1, 0.15) is 54.4 Å². The molecule has 4 rings (SSSR count). The standard InChI is InChI=1S/C22H24BrN3O2/c23-17-10-11-20(24-13-17)25-21(27)19(12-15-6-2-1-3-7-15)26-14-16-8-4-5-9-18(16)22(26)28/h4-5,8-11,13,15,19H,1-3,6-7,12,14H2,(H,24,25,27)/t19-/m0/s1.